The van der Waals surface area contributed by atoms with Gasteiger partial charge in [0.25, 0.3) is 0 Å². The third kappa shape index (κ3) is 4.27. The number of likely N-dealkylation sites (tertiary alicyclic amines) is 1. The molecule has 1 atom stereocenters. The van der Waals surface area contributed by atoms with E-state index in [1.165, 1.54) is 0 Å². The van der Waals surface area contributed by atoms with Crippen LogP contribution >= 0.6 is 0 Å². The van der Waals surface area contributed by atoms with Crippen molar-refractivity contribution in [1.29, 1.82) is 0 Å². The lowest BCUT2D eigenvalue weighted by atomic mass is 10.1. The molecule has 0 aliphatic carbocycles. The average Bonchev–Trinajstić information content (AvgIpc) is 3.48. The minimum atomic E-state index is 0.0601. The van der Waals surface area contributed by atoms with Gasteiger partial charge in [-0.2, -0.15) is 4.98 Å². The van der Waals surface area contributed by atoms with Crippen LogP contribution in [0, 0.1) is 0 Å². The predicted octanol–water partition coefficient (Wildman–Crippen LogP) is 3.54. The van der Waals surface area contributed by atoms with Gasteiger partial charge in [0.2, 0.25) is 17.5 Å². The Kier molecular flexibility index (Phi) is 6.22. The number of pyridine rings is 1. The van der Waals surface area contributed by atoms with Crippen LogP contribution in [0.25, 0.3) is 11.4 Å². The molecule has 3 aromatic rings. The number of hydrogen-bond acceptors (Lipinski definition) is 9. The van der Waals surface area contributed by atoms with Gasteiger partial charge in [-0.25, -0.2) is 4.98 Å². The Morgan fingerprint density at radius 3 is 2.52 bits per heavy atom. The normalized spacial score (nSPS) is 16.3. The van der Waals surface area contributed by atoms with Gasteiger partial charge in [0.05, 0.1) is 27.4 Å². The highest BCUT2D eigenvalue weighted by Gasteiger charge is 2.31. The minimum absolute atomic E-state index is 0.0601. The SMILES string of the molecule is CNc1ccc(-c2noc(C3CCCN3Cc3cc(OC)c(OC)c(OC)c3)n2)cn1. The van der Waals surface area contributed by atoms with Crippen LogP contribution in [0.5, 0.6) is 17.2 Å². The van der Waals surface area contributed by atoms with Gasteiger partial charge >= 0.3 is 0 Å². The Labute approximate surface area is 181 Å². The predicted molar refractivity (Wildman–Crippen MR) is 116 cm³/mol. The lowest BCUT2D eigenvalue weighted by Gasteiger charge is -2.22. The van der Waals surface area contributed by atoms with E-state index in [0.717, 1.165) is 36.3 Å². The molecule has 4 rings (SSSR count). The monoisotopic (exact) mass is 425 g/mol. The first-order chi connectivity index (χ1) is 15.2. The second-order valence-electron chi connectivity index (χ2n) is 7.30. The van der Waals surface area contributed by atoms with Crippen LogP contribution in [-0.2, 0) is 6.54 Å². The standard InChI is InChI=1S/C22H27N5O4/c1-23-19-8-7-15(12-24-19)21-25-22(31-26-21)16-6-5-9-27(16)13-14-10-17(28-2)20(30-4)18(11-14)29-3/h7-8,10-12,16H,5-6,9,13H2,1-4H3,(H,23,24). The summed E-state index contributed by atoms with van der Waals surface area (Å²) in [6.45, 7) is 1.65. The lowest BCUT2D eigenvalue weighted by Crippen LogP contribution is -2.23. The van der Waals surface area contributed by atoms with E-state index in [2.05, 4.69) is 25.3 Å². The Hall–Kier alpha value is -3.33. The van der Waals surface area contributed by atoms with Crippen molar-refractivity contribution in [3.05, 3.63) is 41.9 Å². The summed E-state index contributed by atoms with van der Waals surface area (Å²) in [5.74, 6) is 3.84. The van der Waals surface area contributed by atoms with Crippen LogP contribution in [0.15, 0.2) is 35.0 Å². The molecule has 1 aliphatic rings. The molecular formula is C22H27N5O4. The number of rotatable bonds is 8. The van der Waals surface area contributed by atoms with Crippen molar-refractivity contribution in [2.24, 2.45) is 0 Å². The topological polar surface area (TPSA) is 94.8 Å². The molecule has 0 amide bonds. The van der Waals surface area contributed by atoms with Gasteiger partial charge in [-0.05, 0) is 49.2 Å². The molecule has 9 nitrogen and oxygen atoms in total. The molecule has 3 heterocycles. The second kappa shape index (κ2) is 9.22. The Bertz CT molecular complexity index is 996. The van der Waals surface area contributed by atoms with E-state index in [9.17, 15) is 0 Å². The number of ether oxygens (including phenoxy) is 3. The molecule has 0 spiro atoms. The second-order valence-corrected chi connectivity index (χ2v) is 7.30. The first-order valence-electron chi connectivity index (χ1n) is 10.2. The molecular weight excluding hydrogens is 398 g/mol. The fourth-order valence-electron chi connectivity index (χ4n) is 3.92. The lowest BCUT2D eigenvalue weighted by molar-refractivity contribution is 0.200. The molecule has 0 bridgehead atoms. The number of benzene rings is 1. The maximum absolute atomic E-state index is 5.64. The van der Waals surface area contributed by atoms with Crippen LogP contribution in [0.1, 0.15) is 30.3 Å². The molecule has 1 N–H and O–H groups in total. The van der Waals surface area contributed by atoms with Gasteiger partial charge in [0.15, 0.2) is 11.5 Å². The summed E-state index contributed by atoms with van der Waals surface area (Å²) in [4.78, 5) is 11.3. The molecule has 9 heteroatoms. The Morgan fingerprint density at radius 2 is 1.90 bits per heavy atom. The summed E-state index contributed by atoms with van der Waals surface area (Å²) >= 11 is 0. The first-order valence-corrected chi connectivity index (χ1v) is 10.2. The zero-order valence-corrected chi connectivity index (χ0v) is 18.2. The van der Waals surface area contributed by atoms with Crippen molar-refractivity contribution < 1.29 is 18.7 Å². The van der Waals surface area contributed by atoms with E-state index < -0.39 is 0 Å². The Morgan fingerprint density at radius 1 is 1.13 bits per heavy atom. The quantitative estimate of drug-likeness (QED) is 0.581. The zero-order valence-electron chi connectivity index (χ0n) is 18.2. The van der Waals surface area contributed by atoms with Crippen LogP contribution in [0.2, 0.25) is 0 Å². The molecule has 1 saturated heterocycles. The minimum Gasteiger partial charge on any atom is -0.493 e. The highest BCUT2D eigenvalue weighted by atomic mass is 16.5. The van der Waals surface area contributed by atoms with Crippen molar-refractivity contribution in [2.75, 3.05) is 40.2 Å². The molecule has 1 aliphatic heterocycles. The Balaban J connectivity index is 1.54. The number of aromatic nitrogens is 3. The van der Waals surface area contributed by atoms with Gasteiger partial charge in [-0.1, -0.05) is 5.16 Å². The smallest absolute Gasteiger partial charge is 0.244 e. The molecule has 164 valence electrons. The molecule has 1 fully saturated rings. The summed E-state index contributed by atoms with van der Waals surface area (Å²) in [7, 11) is 6.68. The fourth-order valence-corrected chi connectivity index (χ4v) is 3.92. The number of nitrogens with zero attached hydrogens (tertiary/aromatic N) is 4. The maximum Gasteiger partial charge on any atom is 0.244 e. The van der Waals surface area contributed by atoms with Crippen molar-refractivity contribution >= 4 is 5.82 Å². The molecule has 1 aromatic carbocycles. The van der Waals surface area contributed by atoms with Crippen molar-refractivity contribution in [3.8, 4) is 28.6 Å². The van der Waals surface area contributed by atoms with E-state index in [-0.39, 0.29) is 6.04 Å². The third-order valence-electron chi connectivity index (χ3n) is 5.48. The van der Waals surface area contributed by atoms with E-state index >= 15 is 0 Å². The summed E-state index contributed by atoms with van der Waals surface area (Å²) in [5, 5.41) is 7.18. The van der Waals surface area contributed by atoms with E-state index in [1.807, 2.05) is 31.3 Å². The summed E-state index contributed by atoms with van der Waals surface area (Å²) in [5.41, 5.74) is 1.89. The van der Waals surface area contributed by atoms with Crippen LogP contribution in [-0.4, -0.2) is 54.9 Å². The van der Waals surface area contributed by atoms with Crippen LogP contribution in [0.3, 0.4) is 0 Å². The molecule has 0 radical (unpaired) electrons. The van der Waals surface area contributed by atoms with Crippen LogP contribution < -0.4 is 19.5 Å². The summed E-state index contributed by atoms with van der Waals surface area (Å²) in [6.07, 6.45) is 3.76. The number of anilines is 1. The van der Waals surface area contributed by atoms with Crippen molar-refractivity contribution in [1.82, 2.24) is 20.0 Å². The first kappa shape index (κ1) is 20.9. The van der Waals surface area contributed by atoms with E-state index in [0.29, 0.717) is 35.5 Å². The van der Waals surface area contributed by atoms with Crippen molar-refractivity contribution in [3.63, 3.8) is 0 Å². The van der Waals surface area contributed by atoms with Gasteiger partial charge in [-0.15, -0.1) is 0 Å². The maximum atomic E-state index is 5.64. The van der Waals surface area contributed by atoms with Gasteiger partial charge in [-0.3, -0.25) is 4.90 Å². The zero-order chi connectivity index (χ0) is 21.8. The van der Waals surface area contributed by atoms with Gasteiger partial charge in [0, 0.05) is 25.4 Å². The largest absolute Gasteiger partial charge is 0.493 e. The summed E-state index contributed by atoms with van der Waals surface area (Å²) < 4.78 is 22.0. The van der Waals surface area contributed by atoms with Crippen molar-refractivity contribution in [2.45, 2.75) is 25.4 Å². The van der Waals surface area contributed by atoms with E-state index in [1.54, 1.807) is 27.5 Å². The van der Waals surface area contributed by atoms with E-state index in [4.69, 9.17) is 18.7 Å². The summed E-state index contributed by atoms with van der Waals surface area (Å²) in [6, 6.07) is 7.83. The number of methoxy groups -OCH3 is 3. The third-order valence-corrected chi connectivity index (χ3v) is 5.48. The molecule has 1 unspecified atom stereocenters. The van der Waals surface area contributed by atoms with Crippen LogP contribution in [0.4, 0.5) is 5.82 Å². The molecule has 0 saturated carbocycles. The molecule has 31 heavy (non-hydrogen) atoms. The van der Waals surface area contributed by atoms with Gasteiger partial charge in [0.1, 0.15) is 5.82 Å². The number of hydrogen-bond donors (Lipinski definition) is 1. The highest BCUT2D eigenvalue weighted by molar-refractivity contribution is 5.55. The fraction of sp³-hybridized carbons (Fsp3) is 0.409. The molecule has 2 aromatic heterocycles. The van der Waals surface area contributed by atoms with Gasteiger partial charge < -0.3 is 24.1 Å². The highest BCUT2D eigenvalue weighted by Crippen LogP contribution is 2.40. The number of nitrogens with one attached hydrogen (secondary N) is 1. The average molecular weight is 425 g/mol.